The number of nitrogens with zero attached hydrogens (tertiary/aromatic N) is 1. The summed E-state index contributed by atoms with van der Waals surface area (Å²) in [5.41, 5.74) is -1.05. The van der Waals surface area contributed by atoms with Gasteiger partial charge in [-0.25, -0.2) is 4.84 Å². The van der Waals surface area contributed by atoms with Crippen molar-refractivity contribution in [3.8, 4) is 0 Å². The largest absolute Gasteiger partial charge is 0.300 e. The van der Waals surface area contributed by atoms with E-state index in [9.17, 15) is 14.4 Å². The summed E-state index contributed by atoms with van der Waals surface area (Å²) in [5, 5.41) is 0.737. The van der Waals surface area contributed by atoms with Gasteiger partial charge in [0.15, 0.2) is 11.9 Å². The monoisotopic (exact) mass is 213 g/mol. The standard InChI is InChI=1S/C10H15NO4/c1-3-10(4-2,7-12)15-11-8(13)5-6-9(11)14/h7H,3-6H2,1-2H3. The normalized spacial score (nSPS) is 17.3. The number of hydroxylamine groups is 2. The van der Waals surface area contributed by atoms with Crippen LogP contribution >= 0.6 is 0 Å². The van der Waals surface area contributed by atoms with Crippen molar-refractivity contribution >= 4 is 18.1 Å². The maximum Gasteiger partial charge on any atom is 0.254 e. The van der Waals surface area contributed by atoms with Crippen molar-refractivity contribution in [2.75, 3.05) is 0 Å². The topological polar surface area (TPSA) is 63.7 Å². The highest BCUT2D eigenvalue weighted by Crippen LogP contribution is 2.23. The number of hydrogen-bond donors (Lipinski definition) is 0. The van der Waals surface area contributed by atoms with Crippen LogP contribution in [-0.4, -0.2) is 28.8 Å². The summed E-state index contributed by atoms with van der Waals surface area (Å²) in [6, 6.07) is 0. The van der Waals surface area contributed by atoms with Gasteiger partial charge < -0.3 is 4.79 Å². The second kappa shape index (κ2) is 4.53. The predicted octanol–water partition coefficient (Wildman–Crippen LogP) is 0.825. The smallest absolute Gasteiger partial charge is 0.254 e. The van der Waals surface area contributed by atoms with Gasteiger partial charge in [-0.15, -0.1) is 0 Å². The number of rotatable bonds is 5. The average molecular weight is 213 g/mol. The Kier molecular flexibility index (Phi) is 3.57. The van der Waals surface area contributed by atoms with Crippen molar-refractivity contribution in [2.24, 2.45) is 0 Å². The molecule has 1 saturated heterocycles. The molecule has 0 radical (unpaired) electrons. The molecule has 1 rings (SSSR count). The van der Waals surface area contributed by atoms with E-state index < -0.39 is 5.60 Å². The van der Waals surface area contributed by atoms with Crippen molar-refractivity contribution in [3.63, 3.8) is 0 Å². The zero-order valence-electron chi connectivity index (χ0n) is 8.99. The van der Waals surface area contributed by atoms with Crippen molar-refractivity contribution in [2.45, 2.75) is 45.1 Å². The van der Waals surface area contributed by atoms with Gasteiger partial charge in [0.25, 0.3) is 11.8 Å². The zero-order chi connectivity index (χ0) is 11.5. The number of hydrogen-bond acceptors (Lipinski definition) is 4. The quantitative estimate of drug-likeness (QED) is 0.501. The van der Waals surface area contributed by atoms with Gasteiger partial charge in [0.05, 0.1) is 0 Å². The molecule has 1 fully saturated rings. The Bertz CT molecular complexity index is 267. The Morgan fingerprint density at radius 1 is 1.27 bits per heavy atom. The third-order valence-electron chi connectivity index (χ3n) is 2.69. The maximum absolute atomic E-state index is 11.3. The lowest BCUT2D eigenvalue weighted by Crippen LogP contribution is -2.43. The van der Waals surface area contributed by atoms with E-state index in [4.69, 9.17) is 4.84 Å². The molecule has 0 aromatic carbocycles. The third kappa shape index (κ3) is 2.23. The number of carbonyl (C=O) groups is 3. The molecule has 2 amide bonds. The van der Waals surface area contributed by atoms with Crippen LogP contribution in [0.15, 0.2) is 0 Å². The molecule has 0 aromatic heterocycles. The zero-order valence-corrected chi connectivity index (χ0v) is 8.99. The van der Waals surface area contributed by atoms with Crippen molar-refractivity contribution in [1.82, 2.24) is 5.06 Å². The maximum atomic E-state index is 11.3. The van der Waals surface area contributed by atoms with Crippen LogP contribution in [0.5, 0.6) is 0 Å². The highest BCUT2D eigenvalue weighted by molar-refractivity contribution is 6.00. The van der Waals surface area contributed by atoms with Crippen molar-refractivity contribution < 1.29 is 19.2 Å². The van der Waals surface area contributed by atoms with E-state index in [1.807, 2.05) is 0 Å². The molecule has 0 spiro atoms. The summed E-state index contributed by atoms with van der Waals surface area (Å²) in [7, 11) is 0. The van der Waals surface area contributed by atoms with Gasteiger partial charge in [-0.1, -0.05) is 13.8 Å². The van der Waals surface area contributed by atoms with Gasteiger partial charge in [0, 0.05) is 12.8 Å². The van der Waals surface area contributed by atoms with Gasteiger partial charge >= 0.3 is 0 Å². The summed E-state index contributed by atoms with van der Waals surface area (Å²) < 4.78 is 0. The molecule has 5 nitrogen and oxygen atoms in total. The second-order valence-electron chi connectivity index (χ2n) is 3.56. The van der Waals surface area contributed by atoms with Crippen LogP contribution in [-0.2, 0) is 19.2 Å². The van der Waals surface area contributed by atoms with Gasteiger partial charge in [-0.3, -0.25) is 9.59 Å². The lowest BCUT2D eigenvalue weighted by Gasteiger charge is -2.28. The molecule has 5 heteroatoms. The number of imide groups is 1. The molecule has 1 heterocycles. The van der Waals surface area contributed by atoms with Crippen molar-refractivity contribution in [1.29, 1.82) is 0 Å². The first-order chi connectivity index (χ1) is 7.08. The molecule has 0 atom stereocenters. The SMILES string of the molecule is CCC(C=O)(CC)ON1C(=O)CCC1=O. The first kappa shape index (κ1) is 11.8. The summed E-state index contributed by atoms with van der Waals surface area (Å²) in [6.45, 7) is 3.56. The number of carbonyl (C=O) groups excluding carboxylic acids is 3. The minimum absolute atomic E-state index is 0.168. The number of aldehydes is 1. The minimum Gasteiger partial charge on any atom is -0.300 e. The van der Waals surface area contributed by atoms with E-state index in [1.165, 1.54) is 0 Å². The van der Waals surface area contributed by atoms with Crippen LogP contribution in [0.1, 0.15) is 39.5 Å². The molecule has 15 heavy (non-hydrogen) atoms. The van der Waals surface area contributed by atoms with Crippen LogP contribution < -0.4 is 0 Å². The Labute approximate surface area is 88.3 Å². The van der Waals surface area contributed by atoms with Gasteiger partial charge in [0.2, 0.25) is 0 Å². The van der Waals surface area contributed by atoms with Crippen LogP contribution in [0, 0.1) is 0 Å². The Balaban J connectivity index is 2.77. The summed E-state index contributed by atoms with van der Waals surface area (Å²) in [5.74, 6) is -0.735. The first-order valence-electron chi connectivity index (χ1n) is 5.09. The van der Waals surface area contributed by atoms with E-state index in [1.54, 1.807) is 13.8 Å². The highest BCUT2D eigenvalue weighted by Gasteiger charge is 2.38. The van der Waals surface area contributed by atoms with E-state index >= 15 is 0 Å². The van der Waals surface area contributed by atoms with Crippen LogP contribution in [0.3, 0.4) is 0 Å². The molecule has 0 unspecified atom stereocenters. The molecular formula is C10H15NO4. The summed E-state index contributed by atoms with van der Waals surface area (Å²) in [6.07, 6.45) is 1.86. The molecule has 1 aliphatic rings. The minimum atomic E-state index is -1.05. The molecule has 1 aliphatic heterocycles. The van der Waals surface area contributed by atoms with E-state index in [-0.39, 0.29) is 24.7 Å². The lowest BCUT2D eigenvalue weighted by atomic mass is 10.00. The van der Waals surface area contributed by atoms with E-state index in [0.29, 0.717) is 19.1 Å². The van der Waals surface area contributed by atoms with Crippen molar-refractivity contribution in [3.05, 3.63) is 0 Å². The lowest BCUT2D eigenvalue weighted by molar-refractivity contribution is -0.224. The molecule has 0 saturated carbocycles. The first-order valence-corrected chi connectivity index (χ1v) is 5.09. The fourth-order valence-corrected chi connectivity index (χ4v) is 1.41. The molecule has 84 valence electrons. The Morgan fingerprint density at radius 2 is 1.73 bits per heavy atom. The summed E-state index contributed by atoms with van der Waals surface area (Å²) in [4.78, 5) is 38.7. The highest BCUT2D eigenvalue weighted by atomic mass is 16.7. The summed E-state index contributed by atoms with van der Waals surface area (Å²) >= 11 is 0. The number of amides is 2. The second-order valence-corrected chi connectivity index (χ2v) is 3.56. The molecule has 0 bridgehead atoms. The molecule has 0 N–H and O–H groups in total. The average Bonchev–Trinajstić information content (AvgIpc) is 2.57. The third-order valence-corrected chi connectivity index (χ3v) is 2.69. The molecule has 0 aliphatic carbocycles. The van der Waals surface area contributed by atoms with Gasteiger partial charge in [0.1, 0.15) is 0 Å². The van der Waals surface area contributed by atoms with E-state index in [2.05, 4.69) is 0 Å². The predicted molar refractivity (Wildman–Crippen MR) is 51.5 cm³/mol. The van der Waals surface area contributed by atoms with Crippen LogP contribution in [0.2, 0.25) is 0 Å². The van der Waals surface area contributed by atoms with Crippen LogP contribution in [0.4, 0.5) is 0 Å². The fourth-order valence-electron chi connectivity index (χ4n) is 1.41. The molecular weight excluding hydrogens is 198 g/mol. The van der Waals surface area contributed by atoms with E-state index in [0.717, 1.165) is 5.06 Å². The molecule has 0 aromatic rings. The fraction of sp³-hybridized carbons (Fsp3) is 0.700. The van der Waals surface area contributed by atoms with Gasteiger partial charge in [-0.05, 0) is 12.8 Å². The Morgan fingerprint density at radius 3 is 2.07 bits per heavy atom. The Hall–Kier alpha value is -1.23. The van der Waals surface area contributed by atoms with Gasteiger partial charge in [-0.2, -0.15) is 5.06 Å². The van der Waals surface area contributed by atoms with Crippen LogP contribution in [0.25, 0.3) is 0 Å².